The van der Waals surface area contributed by atoms with Crippen molar-refractivity contribution in [2.75, 3.05) is 6.54 Å². The number of amides is 1. The molecule has 3 nitrogen and oxygen atoms in total. The Morgan fingerprint density at radius 2 is 2.05 bits per heavy atom. The van der Waals surface area contributed by atoms with Crippen molar-refractivity contribution >= 4 is 5.91 Å². The second-order valence-corrected chi connectivity index (χ2v) is 5.26. The van der Waals surface area contributed by atoms with E-state index in [9.17, 15) is 9.18 Å². The lowest BCUT2D eigenvalue weighted by molar-refractivity contribution is -0.123. The number of nitrogens with one attached hydrogen (secondary N) is 2. The highest BCUT2D eigenvalue weighted by atomic mass is 19.1. The number of piperidine rings is 1. The molecule has 1 fully saturated rings. The van der Waals surface area contributed by atoms with Crippen molar-refractivity contribution in [2.45, 2.75) is 45.7 Å². The summed E-state index contributed by atoms with van der Waals surface area (Å²) in [5.74, 6) is -0.122. The van der Waals surface area contributed by atoms with Crippen LogP contribution in [0.25, 0.3) is 0 Å². The number of carbonyl (C=O) groups excluding carboxylic acids is 1. The van der Waals surface area contributed by atoms with E-state index < -0.39 is 0 Å². The summed E-state index contributed by atoms with van der Waals surface area (Å²) in [5, 5.41) is 6.13. The monoisotopic (exact) mass is 264 g/mol. The summed E-state index contributed by atoms with van der Waals surface area (Å²) in [7, 11) is 0. The van der Waals surface area contributed by atoms with Gasteiger partial charge >= 0.3 is 0 Å². The Hall–Kier alpha value is -1.42. The Balaban J connectivity index is 1.93. The largest absolute Gasteiger partial charge is 0.351 e. The highest BCUT2D eigenvalue weighted by Crippen LogP contribution is 2.14. The van der Waals surface area contributed by atoms with Crippen LogP contribution in [0.15, 0.2) is 12.1 Å². The Morgan fingerprint density at radius 3 is 2.63 bits per heavy atom. The molecule has 1 unspecified atom stereocenters. The first-order chi connectivity index (χ1) is 9.08. The normalized spacial score (nSPS) is 19.2. The van der Waals surface area contributed by atoms with Gasteiger partial charge in [-0.3, -0.25) is 4.79 Å². The molecule has 0 bridgehead atoms. The minimum atomic E-state index is -0.163. The molecule has 0 saturated carbocycles. The number of rotatable bonds is 3. The maximum absolute atomic E-state index is 13.5. The van der Waals surface area contributed by atoms with Gasteiger partial charge in [0.2, 0.25) is 5.91 Å². The van der Waals surface area contributed by atoms with Crippen LogP contribution in [0.5, 0.6) is 0 Å². The Labute approximate surface area is 113 Å². The van der Waals surface area contributed by atoms with Crippen molar-refractivity contribution in [3.8, 4) is 0 Å². The second-order valence-electron chi connectivity index (χ2n) is 5.26. The lowest BCUT2D eigenvalue weighted by atomic mass is 10.0. The summed E-state index contributed by atoms with van der Waals surface area (Å²) in [6.45, 7) is 4.86. The van der Waals surface area contributed by atoms with E-state index in [4.69, 9.17) is 0 Å². The lowest BCUT2D eigenvalue weighted by Crippen LogP contribution is -2.46. The number of hydrogen-bond acceptors (Lipinski definition) is 2. The molecule has 104 valence electrons. The summed E-state index contributed by atoms with van der Waals surface area (Å²) in [4.78, 5) is 12.0. The van der Waals surface area contributed by atoms with Crippen molar-refractivity contribution in [3.05, 3.63) is 34.6 Å². The van der Waals surface area contributed by atoms with Gasteiger partial charge < -0.3 is 10.6 Å². The molecule has 0 aliphatic carbocycles. The van der Waals surface area contributed by atoms with Crippen LogP contribution in [0, 0.1) is 19.7 Å². The first-order valence-electron chi connectivity index (χ1n) is 6.84. The Morgan fingerprint density at radius 1 is 1.37 bits per heavy atom. The number of benzene rings is 1. The molecular formula is C15H21FN2O. The highest BCUT2D eigenvalue weighted by Gasteiger charge is 2.19. The van der Waals surface area contributed by atoms with Crippen molar-refractivity contribution < 1.29 is 9.18 Å². The molecule has 0 radical (unpaired) electrons. The van der Waals surface area contributed by atoms with Gasteiger partial charge in [0.25, 0.3) is 0 Å². The van der Waals surface area contributed by atoms with Gasteiger partial charge in [-0.05, 0) is 49.9 Å². The van der Waals surface area contributed by atoms with E-state index in [-0.39, 0.29) is 17.8 Å². The van der Waals surface area contributed by atoms with Gasteiger partial charge in [-0.15, -0.1) is 0 Å². The SMILES string of the molecule is Cc1cc(CNC(=O)C2CCCCN2)cc(C)c1F. The molecule has 1 aliphatic heterocycles. The number of aryl methyl sites for hydroxylation is 2. The average Bonchev–Trinajstić information content (AvgIpc) is 2.43. The highest BCUT2D eigenvalue weighted by molar-refractivity contribution is 5.81. The van der Waals surface area contributed by atoms with E-state index in [0.29, 0.717) is 17.7 Å². The molecule has 2 rings (SSSR count). The summed E-state index contributed by atoms with van der Waals surface area (Å²) in [6.07, 6.45) is 3.13. The summed E-state index contributed by atoms with van der Waals surface area (Å²) >= 11 is 0. The smallest absolute Gasteiger partial charge is 0.237 e. The van der Waals surface area contributed by atoms with Gasteiger partial charge in [0.15, 0.2) is 0 Å². The molecule has 1 amide bonds. The molecule has 2 N–H and O–H groups in total. The third-order valence-corrected chi connectivity index (χ3v) is 3.59. The lowest BCUT2D eigenvalue weighted by Gasteiger charge is -2.22. The molecule has 1 aromatic rings. The zero-order chi connectivity index (χ0) is 13.8. The van der Waals surface area contributed by atoms with Crippen molar-refractivity contribution in [1.29, 1.82) is 0 Å². The van der Waals surface area contributed by atoms with Gasteiger partial charge in [0.1, 0.15) is 5.82 Å². The minimum absolute atomic E-state index is 0.0410. The maximum atomic E-state index is 13.5. The molecule has 1 heterocycles. The molecule has 0 spiro atoms. The van der Waals surface area contributed by atoms with Gasteiger partial charge in [-0.2, -0.15) is 0 Å². The first kappa shape index (κ1) is 14.0. The second kappa shape index (κ2) is 6.15. The predicted octanol–water partition coefficient (Wildman–Crippen LogP) is 2.20. The van der Waals surface area contributed by atoms with Gasteiger partial charge in [-0.1, -0.05) is 18.6 Å². The molecule has 1 saturated heterocycles. The van der Waals surface area contributed by atoms with Crippen LogP contribution < -0.4 is 10.6 Å². The van der Waals surface area contributed by atoms with Crippen molar-refractivity contribution in [2.24, 2.45) is 0 Å². The number of halogens is 1. The molecule has 19 heavy (non-hydrogen) atoms. The third kappa shape index (κ3) is 3.53. The van der Waals surface area contributed by atoms with Gasteiger partial charge in [0.05, 0.1) is 6.04 Å². The van der Waals surface area contributed by atoms with Gasteiger partial charge in [0, 0.05) is 6.54 Å². The fourth-order valence-corrected chi connectivity index (χ4v) is 2.53. The van der Waals surface area contributed by atoms with Crippen LogP contribution >= 0.6 is 0 Å². The van der Waals surface area contributed by atoms with E-state index in [1.165, 1.54) is 0 Å². The van der Waals surface area contributed by atoms with Crippen LogP contribution in [0.3, 0.4) is 0 Å². The zero-order valence-corrected chi connectivity index (χ0v) is 11.6. The summed E-state index contributed by atoms with van der Waals surface area (Å²) < 4.78 is 13.5. The Kier molecular flexibility index (Phi) is 4.53. The van der Waals surface area contributed by atoms with Crippen LogP contribution in [-0.2, 0) is 11.3 Å². The van der Waals surface area contributed by atoms with E-state index >= 15 is 0 Å². The zero-order valence-electron chi connectivity index (χ0n) is 11.6. The van der Waals surface area contributed by atoms with E-state index in [2.05, 4.69) is 10.6 Å². The average molecular weight is 264 g/mol. The molecule has 1 aliphatic rings. The van der Waals surface area contributed by atoms with E-state index in [1.54, 1.807) is 26.0 Å². The quantitative estimate of drug-likeness (QED) is 0.878. The summed E-state index contributed by atoms with van der Waals surface area (Å²) in [6, 6.07) is 3.50. The standard InChI is InChI=1S/C15H21FN2O/c1-10-7-12(8-11(2)14(10)16)9-18-15(19)13-5-3-4-6-17-13/h7-8,13,17H,3-6,9H2,1-2H3,(H,18,19). The fourth-order valence-electron chi connectivity index (χ4n) is 2.53. The number of carbonyl (C=O) groups is 1. The van der Waals surface area contributed by atoms with Crippen molar-refractivity contribution in [3.63, 3.8) is 0 Å². The van der Waals surface area contributed by atoms with E-state index in [1.807, 2.05) is 0 Å². The first-order valence-corrected chi connectivity index (χ1v) is 6.84. The van der Waals surface area contributed by atoms with Crippen LogP contribution in [0.2, 0.25) is 0 Å². The maximum Gasteiger partial charge on any atom is 0.237 e. The van der Waals surface area contributed by atoms with Crippen LogP contribution in [0.1, 0.15) is 36.0 Å². The topological polar surface area (TPSA) is 41.1 Å². The van der Waals surface area contributed by atoms with Crippen LogP contribution in [-0.4, -0.2) is 18.5 Å². The van der Waals surface area contributed by atoms with Crippen molar-refractivity contribution in [1.82, 2.24) is 10.6 Å². The molecule has 1 aromatic carbocycles. The molecule has 0 aromatic heterocycles. The molecule has 4 heteroatoms. The molecule has 1 atom stereocenters. The van der Waals surface area contributed by atoms with Crippen LogP contribution in [0.4, 0.5) is 4.39 Å². The number of hydrogen-bond donors (Lipinski definition) is 2. The third-order valence-electron chi connectivity index (χ3n) is 3.59. The summed E-state index contributed by atoms with van der Waals surface area (Å²) in [5.41, 5.74) is 2.20. The Bertz CT molecular complexity index is 444. The van der Waals surface area contributed by atoms with Gasteiger partial charge in [-0.25, -0.2) is 4.39 Å². The predicted molar refractivity (Wildman–Crippen MR) is 73.4 cm³/mol. The fraction of sp³-hybridized carbons (Fsp3) is 0.533. The molecular weight excluding hydrogens is 243 g/mol. The van der Waals surface area contributed by atoms with E-state index in [0.717, 1.165) is 31.4 Å². The minimum Gasteiger partial charge on any atom is -0.351 e.